The van der Waals surface area contributed by atoms with Crippen LogP contribution in [0.1, 0.15) is 44.9 Å². The molecule has 0 aromatic heterocycles. The highest BCUT2D eigenvalue weighted by atomic mass is 19.4. The summed E-state index contributed by atoms with van der Waals surface area (Å²) >= 11 is 0. The molecule has 0 atom stereocenters. The van der Waals surface area contributed by atoms with E-state index >= 15 is 0 Å². The van der Waals surface area contributed by atoms with Crippen LogP contribution >= 0.6 is 0 Å². The molecule has 0 unspecified atom stereocenters. The molecular weight excluding hydrogens is 265 g/mol. The van der Waals surface area contributed by atoms with Crippen LogP contribution in [-0.2, 0) is 0 Å². The Kier molecular flexibility index (Phi) is 5.46. The van der Waals surface area contributed by atoms with Crippen molar-refractivity contribution >= 4 is 0 Å². The summed E-state index contributed by atoms with van der Waals surface area (Å²) in [5.41, 5.74) is -1.52. The average molecular weight is 282 g/mol. The topological polar surface area (TPSA) is 47.6 Å². The van der Waals surface area contributed by atoms with E-state index in [9.17, 15) is 13.2 Å². The molecule has 0 N–H and O–H groups in total. The van der Waals surface area contributed by atoms with Gasteiger partial charge >= 0.3 is 6.18 Å². The molecule has 1 aliphatic rings. The Hall–Kier alpha value is -1.67. The largest absolute Gasteiger partial charge is 0.389 e. The number of nitriles is 2. The molecule has 0 radical (unpaired) electrons. The predicted molar refractivity (Wildman–Crippen MR) is 67.8 cm³/mol. The predicted octanol–water partition coefficient (Wildman–Crippen LogP) is 4.19. The molecule has 0 heterocycles. The van der Waals surface area contributed by atoms with Crippen molar-refractivity contribution in [3.63, 3.8) is 0 Å². The molecule has 0 aromatic rings. The number of alkyl halides is 3. The van der Waals surface area contributed by atoms with E-state index < -0.39 is 24.4 Å². The van der Waals surface area contributed by atoms with E-state index in [0.717, 1.165) is 25.7 Å². The summed E-state index contributed by atoms with van der Waals surface area (Å²) < 4.78 is 36.9. The Morgan fingerprint density at radius 1 is 1.00 bits per heavy atom. The highest BCUT2D eigenvalue weighted by Gasteiger charge is 2.39. The summed E-state index contributed by atoms with van der Waals surface area (Å²) in [5, 5.41) is 18.3. The van der Waals surface area contributed by atoms with E-state index in [1.54, 1.807) is 0 Å². The fourth-order valence-corrected chi connectivity index (χ4v) is 2.71. The number of terminal acetylenes is 1. The van der Waals surface area contributed by atoms with Crippen molar-refractivity contribution < 1.29 is 13.2 Å². The molecule has 0 amide bonds. The van der Waals surface area contributed by atoms with Gasteiger partial charge in [-0.15, -0.1) is 12.3 Å². The van der Waals surface area contributed by atoms with Crippen LogP contribution < -0.4 is 0 Å². The van der Waals surface area contributed by atoms with Gasteiger partial charge < -0.3 is 0 Å². The van der Waals surface area contributed by atoms with E-state index in [-0.39, 0.29) is 18.3 Å². The third-order valence-corrected chi connectivity index (χ3v) is 3.98. The van der Waals surface area contributed by atoms with Gasteiger partial charge in [-0.2, -0.15) is 23.7 Å². The molecule has 0 saturated heterocycles. The Morgan fingerprint density at radius 3 is 1.95 bits per heavy atom. The van der Waals surface area contributed by atoms with Crippen molar-refractivity contribution in [1.82, 2.24) is 0 Å². The summed E-state index contributed by atoms with van der Waals surface area (Å²) in [6, 6.07) is 3.62. The molecule has 1 rings (SSSR count). The van der Waals surface area contributed by atoms with Crippen LogP contribution in [0.2, 0.25) is 0 Å². The molecule has 0 aliphatic heterocycles. The smallest absolute Gasteiger partial charge is 0.197 e. The second-order valence-electron chi connectivity index (χ2n) is 5.51. The maximum Gasteiger partial charge on any atom is 0.389 e. The first-order valence-electron chi connectivity index (χ1n) is 6.69. The minimum atomic E-state index is -4.33. The highest BCUT2D eigenvalue weighted by molar-refractivity contribution is 5.14. The number of halogens is 3. The molecule has 0 spiro atoms. The quantitative estimate of drug-likeness (QED) is 0.726. The molecule has 0 bridgehead atoms. The van der Waals surface area contributed by atoms with Gasteiger partial charge in [0.2, 0.25) is 0 Å². The SMILES string of the molecule is C#CC1CCC(CC(C#N)(C#N)CCC(F)(F)F)CC1. The third-order valence-electron chi connectivity index (χ3n) is 3.98. The molecule has 1 aliphatic carbocycles. The lowest BCUT2D eigenvalue weighted by molar-refractivity contribution is -0.138. The van der Waals surface area contributed by atoms with Crippen LogP contribution in [0.3, 0.4) is 0 Å². The van der Waals surface area contributed by atoms with Gasteiger partial charge in [-0.25, -0.2) is 0 Å². The summed E-state index contributed by atoms with van der Waals surface area (Å²) in [7, 11) is 0. The summed E-state index contributed by atoms with van der Waals surface area (Å²) in [5.74, 6) is 3.02. The lowest BCUT2D eigenvalue weighted by atomic mass is 9.72. The molecule has 108 valence electrons. The first kappa shape index (κ1) is 16.4. The zero-order valence-corrected chi connectivity index (χ0v) is 11.2. The Balaban J connectivity index is 2.62. The van der Waals surface area contributed by atoms with Crippen molar-refractivity contribution in [1.29, 1.82) is 10.5 Å². The van der Waals surface area contributed by atoms with Gasteiger partial charge in [0.05, 0.1) is 12.1 Å². The Labute approximate surface area is 117 Å². The van der Waals surface area contributed by atoms with Gasteiger partial charge in [0.25, 0.3) is 0 Å². The zero-order valence-electron chi connectivity index (χ0n) is 11.2. The van der Waals surface area contributed by atoms with Crippen molar-refractivity contribution in [3.05, 3.63) is 0 Å². The minimum Gasteiger partial charge on any atom is -0.197 e. The minimum absolute atomic E-state index is 0.118. The van der Waals surface area contributed by atoms with Gasteiger partial charge in [0.15, 0.2) is 0 Å². The molecule has 1 fully saturated rings. The van der Waals surface area contributed by atoms with Gasteiger partial charge in [-0.3, -0.25) is 0 Å². The van der Waals surface area contributed by atoms with Gasteiger partial charge in [0, 0.05) is 12.3 Å². The van der Waals surface area contributed by atoms with E-state index in [2.05, 4.69) is 5.92 Å². The van der Waals surface area contributed by atoms with E-state index in [0.29, 0.717) is 0 Å². The zero-order chi connectivity index (χ0) is 15.2. The standard InChI is InChI=1S/C15H17F3N2/c1-2-12-3-5-13(6-4-12)9-14(10-19,11-20)7-8-15(16,17)18/h1,12-13H,3-9H2. The summed E-state index contributed by atoms with van der Waals surface area (Å²) in [6.45, 7) is 0. The van der Waals surface area contributed by atoms with Crippen LogP contribution in [-0.4, -0.2) is 6.18 Å². The van der Waals surface area contributed by atoms with Crippen LogP contribution in [0.4, 0.5) is 13.2 Å². The summed E-state index contributed by atoms with van der Waals surface area (Å²) in [6.07, 6.45) is 2.91. The van der Waals surface area contributed by atoms with Crippen molar-refractivity contribution in [2.45, 2.75) is 51.1 Å². The normalized spacial score (nSPS) is 23.4. The fourth-order valence-electron chi connectivity index (χ4n) is 2.71. The second kappa shape index (κ2) is 6.67. The van der Waals surface area contributed by atoms with E-state index in [1.807, 2.05) is 12.1 Å². The van der Waals surface area contributed by atoms with Crippen molar-refractivity contribution in [2.24, 2.45) is 17.3 Å². The molecule has 5 heteroatoms. The number of hydrogen-bond acceptors (Lipinski definition) is 2. The Morgan fingerprint density at radius 2 is 1.55 bits per heavy atom. The van der Waals surface area contributed by atoms with Gasteiger partial charge in [0.1, 0.15) is 5.41 Å². The third kappa shape index (κ3) is 4.78. The number of nitrogens with zero attached hydrogens (tertiary/aromatic N) is 2. The van der Waals surface area contributed by atoms with Crippen LogP contribution in [0.5, 0.6) is 0 Å². The first-order chi connectivity index (χ1) is 9.34. The van der Waals surface area contributed by atoms with Crippen LogP contribution in [0.15, 0.2) is 0 Å². The lowest BCUT2D eigenvalue weighted by Gasteiger charge is -2.30. The monoisotopic (exact) mass is 282 g/mol. The molecular formula is C15H17F3N2. The molecule has 0 aromatic carbocycles. The number of hydrogen-bond donors (Lipinski definition) is 0. The number of rotatable bonds is 4. The maximum absolute atomic E-state index is 12.3. The molecule has 2 nitrogen and oxygen atoms in total. The highest BCUT2D eigenvalue weighted by Crippen LogP contribution is 2.40. The average Bonchev–Trinajstić information content (AvgIpc) is 2.43. The van der Waals surface area contributed by atoms with E-state index in [4.69, 9.17) is 16.9 Å². The van der Waals surface area contributed by atoms with Gasteiger partial charge in [-0.1, -0.05) is 0 Å². The fraction of sp³-hybridized carbons (Fsp3) is 0.733. The van der Waals surface area contributed by atoms with Crippen molar-refractivity contribution in [3.8, 4) is 24.5 Å². The molecule has 1 saturated carbocycles. The van der Waals surface area contributed by atoms with Crippen LogP contribution in [0.25, 0.3) is 0 Å². The molecule has 20 heavy (non-hydrogen) atoms. The van der Waals surface area contributed by atoms with E-state index in [1.165, 1.54) is 0 Å². The van der Waals surface area contributed by atoms with Crippen molar-refractivity contribution in [2.75, 3.05) is 0 Å². The second-order valence-corrected chi connectivity index (χ2v) is 5.51. The summed E-state index contributed by atoms with van der Waals surface area (Å²) in [4.78, 5) is 0. The van der Waals surface area contributed by atoms with Crippen LogP contribution in [0, 0.1) is 52.3 Å². The maximum atomic E-state index is 12.3. The Bertz CT molecular complexity index is 426. The lowest BCUT2D eigenvalue weighted by Crippen LogP contribution is -2.26. The van der Waals surface area contributed by atoms with Gasteiger partial charge in [-0.05, 0) is 44.4 Å². The first-order valence-corrected chi connectivity index (χ1v) is 6.69.